The summed E-state index contributed by atoms with van der Waals surface area (Å²) < 4.78 is 5.23. The van der Waals surface area contributed by atoms with Crippen molar-refractivity contribution < 1.29 is 14.3 Å². The number of nitrogens with zero attached hydrogens (tertiary/aromatic N) is 1. The Balaban J connectivity index is 1.41. The molecule has 1 aliphatic heterocycles. The minimum Gasteiger partial charge on any atom is -0.497 e. The molecule has 0 spiro atoms. The minimum absolute atomic E-state index is 0.0998. The van der Waals surface area contributed by atoms with Gasteiger partial charge in [-0.1, -0.05) is 54.6 Å². The fourth-order valence-corrected chi connectivity index (χ4v) is 4.17. The van der Waals surface area contributed by atoms with Crippen LogP contribution in [0.1, 0.15) is 28.8 Å². The summed E-state index contributed by atoms with van der Waals surface area (Å²) in [5.74, 6) is 0.666. The first-order valence-electron chi connectivity index (χ1n) is 11.0. The Labute approximate surface area is 189 Å². The Morgan fingerprint density at radius 3 is 2.38 bits per heavy atom. The van der Waals surface area contributed by atoms with Gasteiger partial charge in [-0.3, -0.25) is 4.79 Å². The molecule has 0 aromatic heterocycles. The fraction of sp³-hybridized carbons (Fsp3) is 0.259. The highest BCUT2D eigenvalue weighted by molar-refractivity contribution is 5.99. The van der Waals surface area contributed by atoms with Crippen LogP contribution >= 0.6 is 0 Å². The zero-order valence-electron chi connectivity index (χ0n) is 18.5. The number of carbonyl (C=O) groups is 2. The van der Waals surface area contributed by atoms with Crippen molar-refractivity contribution in [3.05, 3.63) is 83.9 Å². The second-order valence-corrected chi connectivity index (χ2v) is 8.20. The van der Waals surface area contributed by atoms with Crippen LogP contribution in [0.25, 0.3) is 11.1 Å². The van der Waals surface area contributed by atoms with E-state index in [0.717, 1.165) is 41.0 Å². The molecule has 32 heavy (non-hydrogen) atoms. The topological polar surface area (TPSA) is 58.6 Å². The van der Waals surface area contributed by atoms with Crippen LogP contribution in [0.5, 0.6) is 5.75 Å². The van der Waals surface area contributed by atoms with Crippen molar-refractivity contribution in [1.82, 2.24) is 4.90 Å². The van der Waals surface area contributed by atoms with Crippen molar-refractivity contribution in [3.8, 4) is 16.9 Å². The van der Waals surface area contributed by atoms with Gasteiger partial charge in [-0.2, -0.15) is 0 Å². The SMILES string of the molecule is COc1ccc(NC(=O)N2CCC[C@@H](C(=O)c3ccc(-c4ccccc4)cc3)C2)c(C)c1. The number of likely N-dealkylation sites (tertiary alicyclic amines) is 1. The molecule has 0 radical (unpaired) electrons. The molecular weight excluding hydrogens is 400 g/mol. The Kier molecular flexibility index (Phi) is 6.55. The standard InChI is InChI=1S/C27H28N2O3/c1-19-17-24(32-2)14-15-25(19)28-27(31)29-16-6-9-23(18-29)26(30)22-12-10-21(11-13-22)20-7-4-3-5-8-20/h3-5,7-8,10-15,17,23H,6,9,16,18H2,1-2H3,(H,28,31)/t23-/m1/s1. The van der Waals surface area contributed by atoms with Gasteiger partial charge in [0.15, 0.2) is 5.78 Å². The van der Waals surface area contributed by atoms with E-state index in [-0.39, 0.29) is 17.7 Å². The number of ketones is 1. The number of rotatable bonds is 5. The third-order valence-corrected chi connectivity index (χ3v) is 6.03. The van der Waals surface area contributed by atoms with Gasteiger partial charge in [0.05, 0.1) is 7.11 Å². The lowest BCUT2D eigenvalue weighted by Gasteiger charge is -2.32. The number of ether oxygens (including phenoxy) is 1. The van der Waals surface area contributed by atoms with Crippen molar-refractivity contribution >= 4 is 17.5 Å². The predicted octanol–water partition coefficient (Wildman–Crippen LogP) is 5.80. The van der Waals surface area contributed by atoms with Crippen LogP contribution in [-0.4, -0.2) is 36.9 Å². The molecule has 0 saturated carbocycles. The molecule has 5 heteroatoms. The minimum atomic E-state index is -0.186. The molecule has 3 aromatic rings. The first-order chi connectivity index (χ1) is 15.5. The Bertz CT molecular complexity index is 1090. The van der Waals surface area contributed by atoms with Gasteiger partial charge in [-0.25, -0.2) is 4.79 Å². The van der Waals surface area contributed by atoms with Gasteiger partial charge in [0.1, 0.15) is 5.75 Å². The van der Waals surface area contributed by atoms with Crippen molar-refractivity contribution in [2.75, 3.05) is 25.5 Å². The van der Waals surface area contributed by atoms with Crippen molar-refractivity contribution in [3.63, 3.8) is 0 Å². The molecule has 1 fully saturated rings. The predicted molar refractivity (Wildman–Crippen MR) is 127 cm³/mol. The number of Topliss-reactive ketones (excluding diaryl/α,β-unsaturated/α-hetero) is 1. The van der Waals surface area contributed by atoms with Gasteiger partial charge in [0.2, 0.25) is 0 Å². The average Bonchev–Trinajstić information content (AvgIpc) is 2.85. The van der Waals surface area contributed by atoms with E-state index in [0.29, 0.717) is 18.7 Å². The second-order valence-electron chi connectivity index (χ2n) is 8.20. The number of hydrogen-bond donors (Lipinski definition) is 1. The van der Waals surface area contributed by atoms with Crippen LogP contribution in [0, 0.1) is 12.8 Å². The number of carbonyl (C=O) groups excluding carboxylic acids is 2. The van der Waals surface area contributed by atoms with Gasteiger partial charge >= 0.3 is 6.03 Å². The van der Waals surface area contributed by atoms with E-state index < -0.39 is 0 Å². The molecule has 164 valence electrons. The molecule has 2 amide bonds. The summed E-state index contributed by atoms with van der Waals surface area (Å²) in [5.41, 5.74) is 4.59. The number of anilines is 1. The van der Waals surface area contributed by atoms with E-state index in [2.05, 4.69) is 17.4 Å². The molecule has 1 aliphatic rings. The zero-order valence-corrected chi connectivity index (χ0v) is 18.5. The van der Waals surface area contributed by atoms with E-state index in [1.54, 1.807) is 12.0 Å². The van der Waals surface area contributed by atoms with Crippen LogP contribution < -0.4 is 10.1 Å². The molecule has 3 aromatic carbocycles. The lowest BCUT2D eigenvalue weighted by molar-refractivity contribution is 0.0851. The van der Waals surface area contributed by atoms with E-state index in [4.69, 9.17) is 4.74 Å². The highest BCUT2D eigenvalue weighted by Gasteiger charge is 2.29. The maximum atomic E-state index is 13.1. The fourth-order valence-electron chi connectivity index (χ4n) is 4.17. The van der Waals surface area contributed by atoms with Crippen LogP contribution in [0.4, 0.5) is 10.5 Å². The normalized spacial score (nSPS) is 15.8. The van der Waals surface area contributed by atoms with Gasteiger partial charge in [-0.15, -0.1) is 0 Å². The summed E-state index contributed by atoms with van der Waals surface area (Å²) in [4.78, 5) is 27.7. The molecule has 1 saturated heterocycles. The van der Waals surface area contributed by atoms with E-state index in [1.807, 2.05) is 67.6 Å². The lowest BCUT2D eigenvalue weighted by Crippen LogP contribution is -2.44. The maximum absolute atomic E-state index is 13.1. The number of benzene rings is 3. The van der Waals surface area contributed by atoms with E-state index >= 15 is 0 Å². The summed E-state index contributed by atoms with van der Waals surface area (Å²) >= 11 is 0. The average molecular weight is 429 g/mol. The van der Waals surface area contributed by atoms with Crippen molar-refractivity contribution in [1.29, 1.82) is 0 Å². The van der Waals surface area contributed by atoms with Crippen molar-refractivity contribution in [2.24, 2.45) is 5.92 Å². The number of aryl methyl sites for hydroxylation is 1. The number of hydrogen-bond acceptors (Lipinski definition) is 3. The van der Waals surface area contributed by atoms with Crippen LogP contribution in [0.2, 0.25) is 0 Å². The first kappa shape index (κ1) is 21.6. The number of amides is 2. The Hall–Kier alpha value is -3.60. The third kappa shape index (κ3) is 4.83. The smallest absolute Gasteiger partial charge is 0.321 e. The molecule has 0 aliphatic carbocycles. The molecule has 0 bridgehead atoms. The van der Waals surface area contributed by atoms with Gasteiger partial charge in [0, 0.05) is 30.3 Å². The van der Waals surface area contributed by atoms with Crippen LogP contribution in [0.3, 0.4) is 0 Å². The quantitative estimate of drug-likeness (QED) is 0.523. The number of methoxy groups -OCH3 is 1. The third-order valence-electron chi connectivity index (χ3n) is 6.03. The molecule has 5 nitrogen and oxygen atoms in total. The number of urea groups is 1. The maximum Gasteiger partial charge on any atom is 0.321 e. The monoisotopic (exact) mass is 428 g/mol. The Morgan fingerprint density at radius 1 is 0.969 bits per heavy atom. The van der Waals surface area contributed by atoms with Crippen LogP contribution in [0.15, 0.2) is 72.8 Å². The largest absolute Gasteiger partial charge is 0.497 e. The number of piperidine rings is 1. The van der Waals surface area contributed by atoms with Crippen LogP contribution in [-0.2, 0) is 0 Å². The van der Waals surface area contributed by atoms with E-state index in [1.165, 1.54) is 0 Å². The number of nitrogens with one attached hydrogen (secondary N) is 1. The molecule has 0 unspecified atom stereocenters. The molecule has 1 heterocycles. The second kappa shape index (κ2) is 9.69. The summed E-state index contributed by atoms with van der Waals surface area (Å²) in [6, 6.07) is 23.2. The molecule has 4 rings (SSSR count). The van der Waals surface area contributed by atoms with E-state index in [9.17, 15) is 9.59 Å². The highest BCUT2D eigenvalue weighted by Crippen LogP contribution is 2.26. The highest BCUT2D eigenvalue weighted by atomic mass is 16.5. The first-order valence-corrected chi connectivity index (χ1v) is 11.0. The molecule has 1 atom stereocenters. The van der Waals surface area contributed by atoms with Gasteiger partial charge in [0.25, 0.3) is 0 Å². The molecule has 1 N–H and O–H groups in total. The summed E-state index contributed by atoms with van der Waals surface area (Å²) in [6.07, 6.45) is 1.61. The molecular formula is C27H28N2O3. The Morgan fingerprint density at radius 2 is 1.69 bits per heavy atom. The van der Waals surface area contributed by atoms with Gasteiger partial charge in [-0.05, 0) is 54.7 Å². The summed E-state index contributed by atoms with van der Waals surface area (Å²) in [7, 11) is 1.62. The lowest BCUT2D eigenvalue weighted by atomic mass is 9.89. The van der Waals surface area contributed by atoms with Gasteiger partial charge < -0.3 is 15.0 Å². The summed E-state index contributed by atoms with van der Waals surface area (Å²) in [6.45, 7) is 3.01. The summed E-state index contributed by atoms with van der Waals surface area (Å²) in [5, 5.41) is 2.98. The zero-order chi connectivity index (χ0) is 22.5. The van der Waals surface area contributed by atoms with Crippen molar-refractivity contribution in [2.45, 2.75) is 19.8 Å².